The molecule has 31 heavy (non-hydrogen) atoms. The fraction of sp³-hybridized carbons (Fsp3) is 0.111. The molecule has 1 heterocycles. The van der Waals surface area contributed by atoms with E-state index in [1.54, 1.807) is 17.0 Å². The molecule has 4 nitrogen and oxygen atoms in total. The Bertz CT molecular complexity index is 1390. The minimum Gasteiger partial charge on any atom is -0.360 e. The number of hydrogen-bond donors (Lipinski definition) is 0. The Kier molecular flexibility index (Phi) is 5.06. The standard InChI is InChI=1S/C27H22N2O2/c1-29-15-14-28-27(29)25(30)26(24-13-12-21-7-3-5-9-23(21)17-24)31-18-19-10-11-20-6-2-4-8-22(20)16-19/h2-17,26H,18H2,1H3/t26-/m0/s1. The van der Waals surface area contributed by atoms with Crippen molar-refractivity contribution in [3.05, 3.63) is 114 Å². The zero-order valence-corrected chi connectivity index (χ0v) is 17.2. The quantitative estimate of drug-likeness (QED) is 0.331. The molecule has 0 fully saturated rings. The Balaban J connectivity index is 1.49. The molecule has 4 heteroatoms. The van der Waals surface area contributed by atoms with Gasteiger partial charge < -0.3 is 9.30 Å². The second-order valence-corrected chi connectivity index (χ2v) is 7.71. The first kappa shape index (κ1) is 19.2. The first-order chi connectivity index (χ1) is 15.2. The number of ether oxygens (including phenoxy) is 1. The average Bonchev–Trinajstić information content (AvgIpc) is 3.24. The number of carbonyl (C=O) groups excluding carboxylic acids is 1. The molecule has 0 radical (unpaired) electrons. The Morgan fingerprint density at radius 1 is 0.871 bits per heavy atom. The number of Topliss-reactive ketones (excluding diaryl/α,β-unsaturated/α-hetero) is 1. The largest absolute Gasteiger partial charge is 0.360 e. The van der Waals surface area contributed by atoms with Crippen molar-refractivity contribution in [2.75, 3.05) is 0 Å². The van der Waals surface area contributed by atoms with Crippen LogP contribution in [0.25, 0.3) is 21.5 Å². The van der Waals surface area contributed by atoms with Gasteiger partial charge >= 0.3 is 0 Å². The molecule has 0 aliphatic heterocycles. The van der Waals surface area contributed by atoms with E-state index in [1.807, 2.05) is 61.6 Å². The zero-order valence-electron chi connectivity index (χ0n) is 17.2. The molecule has 0 aliphatic rings. The van der Waals surface area contributed by atoms with Crippen LogP contribution in [0.1, 0.15) is 27.8 Å². The van der Waals surface area contributed by atoms with E-state index < -0.39 is 6.10 Å². The number of rotatable bonds is 6. The van der Waals surface area contributed by atoms with Gasteiger partial charge in [0.1, 0.15) is 6.10 Å². The van der Waals surface area contributed by atoms with Gasteiger partial charge in [-0.3, -0.25) is 4.79 Å². The van der Waals surface area contributed by atoms with Gasteiger partial charge in [0.15, 0.2) is 5.82 Å². The van der Waals surface area contributed by atoms with Crippen molar-refractivity contribution in [2.45, 2.75) is 12.7 Å². The molecule has 5 rings (SSSR count). The highest BCUT2D eigenvalue weighted by atomic mass is 16.5. The van der Waals surface area contributed by atoms with Crippen LogP contribution in [0.4, 0.5) is 0 Å². The van der Waals surface area contributed by atoms with Crippen molar-refractivity contribution >= 4 is 27.3 Å². The smallest absolute Gasteiger partial charge is 0.231 e. The Morgan fingerprint density at radius 2 is 1.52 bits per heavy atom. The predicted molar refractivity (Wildman–Crippen MR) is 123 cm³/mol. The van der Waals surface area contributed by atoms with Gasteiger partial charge in [-0.15, -0.1) is 0 Å². The Morgan fingerprint density at radius 3 is 2.19 bits per heavy atom. The van der Waals surface area contributed by atoms with Crippen molar-refractivity contribution in [2.24, 2.45) is 7.05 Å². The first-order valence-corrected chi connectivity index (χ1v) is 10.3. The van der Waals surface area contributed by atoms with Gasteiger partial charge in [-0.05, 0) is 44.8 Å². The van der Waals surface area contributed by atoms with Crippen LogP contribution in [-0.2, 0) is 18.4 Å². The van der Waals surface area contributed by atoms with Crippen molar-refractivity contribution < 1.29 is 9.53 Å². The molecular weight excluding hydrogens is 384 g/mol. The monoisotopic (exact) mass is 406 g/mol. The summed E-state index contributed by atoms with van der Waals surface area (Å²) in [5.41, 5.74) is 1.85. The topological polar surface area (TPSA) is 44.1 Å². The van der Waals surface area contributed by atoms with E-state index in [0.717, 1.165) is 27.3 Å². The molecule has 0 saturated heterocycles. The summed E-state index contributed by atoms with van der Waals surface area (Å²) < 4.78 is 7.98. The number of aryl methyl sites for hydroxylation is 1. The summed E-state index contributed by atoms with van der Waals surface area (Å²) >= 11 is 0. The van der Waals surface area contributed by atoms with Crippen LogP contribution in [-0.4, -0.2) is 15.3 Å². The summed E-state index contributed by atoms with van der Waals surface area (Å²) in [6, 6.07) is 28.6. The molecule has 0 saturated carbocycles. The van der Waals surface area contributed by atoms with Gasteiger partial charge in [-0.1, -0.05) is 72.8 Å². The van der Waals surface area contributed by atoms with Crippen molar-refractivity contribution in [3.63, 3.8) is 0 Å². The second-order valence-electron chi connectivity index (χ2n) is 7.71. The summed E-state index contributed by atoms with van der Waals surface area (Å²) in [7, 11) is 1.82. The second kappa shape index (κ2) is 8.17. The van der Waals surface area contributed by atoms with Crippen molar-refractivity contribution in [1.29, 1.82) is 0 Å². The molecule has 0 amide bonds. The van der Waals surface area contributed by atoms with Gasteiger partial charge in [-0.2, -0.15) is 0 Å². The third-order valence-corrected chi connectivity index (χ3v) is 5.59. The molecule has 0 N–H and O–H groups in total. The zero-order chi connectivity index (χ0) is 21.2. The number of ketones is 1. The third-order valence-electron chi connectivity index (χ3n) is 5.59. The van der Waals surface area contributed by atoms with Crippen molar-refractivity contribution in [3.8, 4) is 0 Å². The normalized spacial score (nSPS) is 12.3. The van der Waals surface area contributed by atoms with E-state index in [2.05, 4.69) is 35.3 Å². The predicted octanol–water partition coefficient (Wildman–Crippen LogP) is 5.87. The highest BCUT2D eigenvalue weighted by Gasteiger charge is 2.26. The summed E-state index contributed by atoms with van der Waals surface area (Å²) in [5, 5.41) is 4.54. The van der Waals surface area contributed by atoms with Gasteiger partial charge in [-0.25, -0.2) is 4.98 Å². The number of nitrogens with zero attached hydrogens (tertiary/aromatic N) is 2. The summed E-state index contributed by atoms with van der Waals surface area (Å²) in [4.78, 5) is 17.6. The van der Waals surface area contributed by atoms with E-state index in [1.165, 1.54) is 5.39 Å². The van der Waals surface area contributed by atoms with E-state index in [0.29, 0.717) is 12.4 Å². The summed E-state index contributed by atoms with van der Waals surface area (Å²) in [5.74, 6) is 0.236. The lowest BCUT2D eigenvalue weighted by Gasteiger charge is -2.18. The third kappa shape index (κ3) is 3.86. The van der Waals surface area contributed by atoms with Crippen LogP contribution >= 0.6 is 0 Å². The lowest BCUT2D eigenvalue weighted by atomic mass is 10.0. The number of imidazole rings is 1. The summed E-state index contributed by atoms with van der Waals surface area (Å²) in [6.45, 7) is 0.332. The highest BCUT2D eigenvalue weighted by molar-refractivity contribution is 5.98. The van der Waals surface area contributed by atoms with E-state index in [9.17, 15) is 4.79 Å². The van der Waals surface area contributed by atoms with Crippen LogP contribution < -0.4 is 0 Å². The summed E-state index contributed by atoms with van der Waals surface area (Å²) in [6.07, 6.45) is 2.67. The van der Waals surface area contributed by atoms with Gasteiger partial charge in [0, 0.05) is 19.4 Å². The lowest BCUT2D eigenvalue weighted by molar-refractivity contribution is 0.0323. The van der Waals surface area contributed by atoms with E-state index >= 15 is 0 Å². The van der Waals surface area contributed by atoms with Crippen LogP contribution in [0.2, 0.25) is 0 Å². The Hall–Kier alpha value is -3.76. The van der Waals surface area contributed by atoms with Gasteiger partial charge in [0.05, 0.1) is 6.61 Å². The van der Waals surface area contributed by atoms with E-state index in [4.69, 9.17) is 4.74 Å². The minimum atomic E-state index is -0.739. The molecule has 152 valence electrons. The molecule has 0 unspecified atom stereocenters. The number of fused-ring (bicyclic) bond motifs is 2. The lowest BCUT2D eigenvalue weighted by Crippen LogP contribution is -2.20. The molecule has 0 spiro atoms. The van der Waals surface area contributed by atoms with Crippen LogP contribution in [0.3, 0.4) is 0 Å². The molecule has 0 bridgehead atoms. The van der Waals surface area contributed by atoms with E-state index in [-0.39, 0.29) is 5.78 Å². The van der Waals surface area contributed by atoms with Crippen LogP contribution in [0, 0.1) is 0 Å². The number of hydrogen-bond acceptors (Lipinski definition) is 3. The van der Waals surface area contributed by atoms with Gasteiger partial charge in [0.2, 0.25) is 5.78 Å². The SMILES string of the molecule is Cn1ccnc1C(=O)[C@@H](OCc1ccc2ccccc2c1)c1ccc2ccccc2c1. The number of aromatic nitrogens is 2. The maximum absolute atomic E-state index is 13.4. The maximum Gasteiger partial charge on any atom is 0.231 e. The first-order valence-electron chi connectivity index (χ1n) is 10.3. The van der Waals surface area contributed by atoms with Crippen LogP contribution in [0.5, 0.6) is 0 Å². The maximum atomic E-state index is 13.4. The fourth-order valence-electron chi connectivity index (χ4n) is 3.92. The molecule has 0 aliphatic carbocycles. The average molecular weight is 406 g/mol. The molecule has 5 aromatic rings. The van der Waals surface area contributed by atoms with Crippen LogP contribution in [0.15, 0.2) is 97.3 Å². The fourth-order valence-corrected chi connectivity index (χ4v) is 3.92. The molecule has 4 aromatic carbocycles. The Labute approximate surface area is 180 Å². The van der Waals surface area contributed by atoms with Crippen molar-refractivity contribution in [1.82, 2.24) is 9.55 Å². The number of carbonyl (C=O) groups is 1. The molecule has 1 aromatic heterocycles. The minimum absolute atomic E-state index is 0.149. The number of benzene rings is 4. The molecular formula is C27H22N2O2. The highest BCUT2D eigenvalue weighted by Crippen LogP contribution is 2.27. The molecule has 1 atom stereocenters. The van der Waals surface area contributed by atoms with Gasteiger partial charge in [0.25, 0.3) is 0 Å².